The summed E-state index contributed by atoms with van der Waals surface area (Å²) in [6.07, 6.45) is 0. The Morgan fingerprint density at radius 3 is 2.76 bits per heavy atom. The second-order valence-corrected chi connectivity index (χ2v) is 4.14. The van der Waals surface area contributed by atoms with Gasteiger partial charge in [0.2, 0.25) is 0 Å². The summed E-state index contributed by atoms with van der Waals surface area (Å²) in [7, 11) is 5.23. The molecule has 0 radical (unpaired) electrons. The Morgan fingerprint density at radius 2 is 2.06 bits per heavy atom. The molecule has 90 valence electrons. The number of amides is 2. The molecule has 0 bridgehead atoms. The van der Waals surface area contributed by atoms with E-state index in [1.165, 1.54) is 0 Å². The summed E-state index contributed by atoms with van der Waals surface area (Å²) >= 11 is 0. The molecule has 0 spiro atoms. The van der Waals surface area contributed by atoms with E-state index in [1.807, 2.05) is 18.2 Å². The number of nitrogens with one attached hydrogen (secondary N) is 1. The largest absolute Gasteiger partial charge is 0.331 e. The van der Waals surface area contributed by atoms with Gasteiger partial charge in [-0.15, -0.1) is 0 Å². The molecule has 1 aromatic heterocycles. The van der Waals surface area contributed by atoms with Crippen LogP contribution in [-0.4, -0.2) is 52.4 Å². The maximum absolute atomic E-state index is 11.7. The van der Waals surface area contributed by atoms with E-state index in [0.29, 0.717) is 6.54 Å². The molecule has 0 aliphatic carbocycles. The minimum atomic E-state index is -0.0366. The Hall–Kier alpha value is -2.11. The zero-order valence-electron chi connectivity index (χ0n) is 10.1. The van der Waals surface area contributed by atoms with E-state index in [4.69, 9.17) is 0 Å². The topological polar surface area (TPSA) is 65.1 Å². The van der Waals surface area contributed by atoms with E-state index in [-0.39, 0.29) is 6.03 Å². The highest BCUT2D eigenvalue weighted by Crippen LogP contribution is 2.15. The van der Waals surface area contributed by atoms with Gasteiger partial charge in [0.25, 0.3) is 0 Å². The Kier molecular flexibility index (Phi) is 2.95. The number of carbonyl (C=O) groups is 1. The highest BCUT2D eigenvalue weighted by atomic mass is 16.2. The minimum Gasteiger partial charge on any atom is -0.331 e. The third kappa shape index (κ3) is 2.20. The van der Waals surface area contributed by atoms with Gasteiger partial charge in [-0.05, 0) is 6.07 Å². The van der Waals surface area contributed by atoms with Crippen molar-refractivity contribution in [1.82, 2.24) is 25.2 Å². The molecule has 6 heteroatoms. The Morgan fingerprint density at radius 1 is 1.29 bits per heavy atom. The summed E-state index contributed by atoms with van der Waals surface area (Å²) in [5, 5.41) is 10.7. The second kappa shape index (κ2) is 4.40. The molecule has 0 fully saturated rings. The Labute approximate surface area is 99.2 Å². The van der Waals surface area contributed by atoms with E-state index in [1.54, 1.807) is 30.9 Å². The van der Waals surface area contributed by atoms with E-state index in [0.717, 1.165) is 16.6 Å². The van der Waals surface area contributed by atoms with E-state index in [2.05, 4.69) is 15.4 Å². The number of para-hydroxylation sites is 1. The average Bonchev–Trinajstić information content (AvgIpc) is 2.76. The number of aromatic amines is 1. The van der Waals surface area contributed by atoms with E-state index in [9.17, 15) is 4.79 Å². The first-order valence-electron chi connectivity index (χ1n) is 5.30. The third-order valence-corrected chi connectivity index (χ3v) is 2.55. The van der Waals surface area contributed by atoms with Crippen LogP contribution in [0.15, 0.2) is 18.2 Å². The molecule has 2 rings (SSSR count). The fourth-order valence-corrected chi connectivity index (χ4v) is 1.72. The van der Waals surface area contributed by atoms with Gasteiger partial charge in [0.1, 0.15) is 11.0 Å². The first-order valence-corrected chi connectivity index (χ1v) is 5.30. The lowest BCUT2D eigenvalue weighted by Crippen LogP contribution is -2.35. The number of hydrogen-bond acceptors (Lipinski definition) is 3. The summed E-state index contributed by atoms with van der Waals surface area (Å²) in [4.78, 5) is 14.9. The molecule has 1 heterocycles. The van der Waals surface area contributed by atoms with Crippen molar-refractivity contribution >= 4 is 17.1 Å². The molecule has 17 heavy (non-hydrogen) atoms. The van der Waals surface area contributed by atoms with Crippen LogP contribution >= 0.6 is 0 Å². The Balaban J connectivity index is 2.24. The molecule has 0 unspecified atom stereocenters. The van der Waals surface area contributed by atoms with Crippen molar-refractivity contribution in [2.24, 2.45) is 0 Å². The summed E-state index contributed by atoms with van der Waals surface area (Å²) < 4.78 is 0. The van der Waals surface area contributed by atoms with Gasteiger partial charge >= 0.3 is 6.03 Å². The first kappa shape index (κ1) is 11.4. The van der Waals surface area contributed by atoms with Crippen molar-refractivity contribution in [2.45, 2.75) is 6.54 Å². The van der Waals surface area contributed by atoms with Gasteiger partial charge in [0.15, 0.2) is 0 Å². The van der Waals surface area contributed by atoms with Crippen LogP contribution in [0.1, 0.15) is 5.56 Å². The Bertz CT molecular complexity index is 533. The predicted octanol–water partition coefficient (Wildman–Crippen LogP) is 1.07. The first-order chi connectivity index (χ1) is 8.09. The molecule has 6 nitrogen and oxygen atoms in total. The minimum absolute atomic E-state index is 0.0366. The molecular weight excluding hydrogens is 218 g/mol. The van der Waals surface area contributed by atoms with Crippen molar-refractivity contribution < 1.29 is 4.79 Å². The quantitative estimate of drug-likeness (QED) is 0.843. The summed E-state index contributed by atoms with van der Waals surface area (Å²) in [6.45, 7) is 0.515. The van der Waals surface area contributed by atoms with E-state index < -0.39 is 0 Å². The number of urea groups is 1. The van der Waals surface area contributed by atoms with Gasteiger partial charge < -0.3 is 9.80 Å². The van der Waals surface area contributed by atoms with Crippen LogP contribution in [0.5, 0.6) is 0 Å². The van der Waals surface area contributed by atoms with Crippen LogP contribution in [0.2, 0.25) is 0 Å². The highest BCUT2D eigenvalue weighted by molar-refractivity contribution is 5.78. The molecule has 1 N–H and O–H groups in total. The number of nitrogens with zero attached hydrogens (tertiary/aromatic N) is 4. The number of aromatic nitrogens is 3. The van der Waals surface area contributed by atoms with Gasteiger partial charge in [0.05, 0.1) is 0 Å². The number of rotatable bonds is 2. The molecule has 0 saturated carbocycles. The van der Waals surface area contributed by atoms with Crippen molar-refractivity contribution in [3.63, 3.8) is 0 Å². The third-order valence-electron chi connectivity index (χ3n) is 2.55. The standard InChI is InChI=1S/C11H15N5O/c1-15(2)11(17)16(3)7-8-5-4-6-9-10(8)13-14-12-9/h4-6H,7H2,1-3H3,(H,12,13,14). The lowest BCUT2D eigenvalue weighted by atomic mass is 10.2. The fourth-order valence-electron chi connectivity index (χ4n) is 1.72. The number of hydrogen-bond donors (Lipinski definition) is 1. The molecule has 2 aromatic rings. The van der Waals surface area contributed by atoms with Gasteiger partial charge in [-0.2, -0.15) is 15.4 Å². The maximum atomic E-state index is 11.7. The van der Waals surface area contributed by atoms with Crippen molar-refractivity contribution in [3.8, 4) is 0 Å². The fraction of sp³-hybridized carbons (Fsp3) is 0.364. The van der Waals surface area contributed by atoms with Crippen LogP contribution in [-0.2, 0) is 6.54 Å². The van der Waals surface area contributed by atoms with Gasteiger partial charge in [-0.25, -0.2) is 4.79 Å². The van der Waals surface area contributed by atoms with Crippen LogP contribution in [0.25, 0.3) is 11.0 Å². The number of H-pyrrole nitrogens is 1. The van der Waals surface area contributed by atoms with Crippen molar-refractivity contribution in [3.05, 3.63) is 23.8 Å². The highest BCUT2D eigenvalue weighted by Gasteiger charge is 2.13. The summed E-state index contributed by atoms with van der Waals surface area (Å²) in [6, 6.07) is 5.71. The van der Waals surface area contributed by atoms with Crippen molar-refractivity contribution in [1.29, 1.82) is 0 Å². The maximum Gasteiger partial charge on any atom is 0.319 e. The number of fused-ring (bicyclic) bond motifs is 1. The van der Waals surface area contributed by atoms with Gasteiger partial charge in [0, 0.05) is 33.3 Å². The molecule has 0 saturated heterocycles. The van der Waals surface area contributed by atoms with Crippen LogP contribution < -0.4 is 0 Å². The average molecular weight is 233 g/mol. The van der Waals surface area contributed by atoms with Crippen LogP contribution in [0.3, 0.4) is 0 Å². The van der Waals surface area contributed by atoms with Crippen LogP contribution in [0.4, 0.5) is 4.79 Å². The zero-order chi connectivity index (χ0) is 12.4. The lowest BCUT2D eigenvalue weighted by Gasteiger charge is -2.21. The molecule has 2 amide bonds. The molecule has 0 aliphatic heterocycles. The smallest absolute Gasteiger partial charge is 0.319 e. The lowest BCUT2D eigenvalue weighted by molar-refractivity contribution is 0.180. The molecule has 0 atom stereocenters. The molecular formula is C11H15N5O. The van der Waals surface area contributed by atoms with Crippen molar-refractivity contribution in [2.75, 3.05) is 21.1 Å². The monoisotopic (exact) mass is 233 g/mol. The summed E-state index contributed by atoms with van der Waals surface area (Å²) in [5.74, 6) is 0. The molecule has 1 aromatic carbocycles. The number of carbonyl (C=O) groups excluding carboxylic acids is 1. The van der Waals surface area contributed by atoms with Crippen LogP contribution in [0, 0.1) is 0 Å². The SMILES string of the molecule is CN(C)C(=O)N(C)Cc1cccc2n[nH]nc12. The molecule has 0 aliphatic rings. The number of benzene rings is 1. The zero-order valence-corrected chi connectivity index (χ0v) is 10.1. The van der Waals surface area contributed by atoms with Gasteiger partial charge in [-0.1, -0.05) is 12.1 Å². The summed E-state index contributed by atoms with van der Waals surface area (Å²) in [5.41, 5.74) is 2.60. The normalized spacial score (nSPS) is 10.5. The van der Waals surface area contributed by atoms with E-state index >= 15 is 0 Å². The van der Waals surface area contributed by atoms with Gasteiger partial charge in [-0.3, -0.25) is 0 Å². The second-order valence-electron chi connectivity index (χ2n) is 4.14. The predicted molar refractivity (Wildman–Crippen MR) is 64.4 cm³/mol.